The highest BCUT2D eigenvalue weighted by molar-refractivity contribution is 6.74. The lowest BCUT2D eigenvalue weighted by Gasteiger charge is -2.35. The molecule has 0 saturated carbocycles. The van der Waals surface area contributed by atoms with Gasteiger partial charge in [0.2, 0.25) is 0 Å². The van der Waals surface area contributed by atoms with Crippen LogP contribution in [0.3, 0.4) is 0 Å². The van der Waals surface area contributed by atoms with Crippen LogP contribution in [-0.4, -0.2) is 32.6 Å². The molecular weight excluding hydrogens is 637 g/mol. The van der Waals surface area contributed by atoms with E-state index < -0.39 is 20.0 Å². The van der Waals surface area contributed by atoms with Crippen LogP contribution in [0.2, 0.25) is 18.1 Å². The molecule has 0 spiro atoms. The van der Waals surface area contributed by atoms with Gasteiger partial charge in [-0.25, -0.2) is 4.79 Å². The molecule has 49 heavy (non-hydrogen) atoms. The van der Waals surface area contributed by atoms with Gasteiger partial charge >= 0.3 is 12.1 Å². The van der Waals surface area contributed by atoms with E-state index in [-0.39, 0.29) is 37.2 Å². The molecule has 0 saturated heterocycles. The van der Waals surface area contributed by atoms with E-state index in [4.69, 9.17) is 23.1 Å². The number of nitrogens with one attached hydrogen (secondary N) is 1. The second-order valence-corrected chi connectivity index (χ2v) is 19.4. The first kappa shape index (κ1) is 37.2. The van der Waals surface area contributed by atoms with Gasteiger partial charge < -0.3 is 28.4 Å². The molecule has 0 aliphatic carbocycles. The summed E-state index contributed by atoms with van der Waals surface area (Å²) in [4.78, 5) is 24.6. The van der Waals surface area contributed by atoms with Crippen LogP contribution >= 0.6 is 0 Å². The third kappa shape index (κ3) is 10.2. The number of ether oxygens (including phenoxy) is 3. The summed E-state index contributed by atoms with van der Waals surface area (Å²) in [7, 11) is -2.03. The average molecular weight is 685 g/mol. The maximum atomic E-state index is 12.3. The normalized spacial score (nSPS) is 12.0. The topological polar surface area (TPSA) is 120 Å². The Labute approximate surface area is 290 Å². The summed E-state index contributed by atoms with van der Waals surface area (Å²) in [5.74, 6) is 0.799. The molecule has 4 aromatic rings. The molecule has 260 valence electrons. The fraction of sp³-hybridized carbons (Fsp3) is 0.410. The Morgan fingerprint density at radius 2 is 1.69 bits per heavy atom. The van der Waals surface area contributed by atoms with Crippen LogP contribution < -0.4 is 10.1 Å². The van der Waals surface area contributed by atoms with E-state index >= 15 is 0 Å². The van der Waals surface area contributed by atoms with E-state index in [0.717, 1.165) is 33.4 Å². The minimum Gasteiger partial charge on any atom is -0.489 e. The van der Waals surface area contributed by atoms with Crippen molar-refractivity contribution >= 4 is 31.3 Å². The first-order chi connectivity index (χ1) is 23.0. The van der Waals surface area contributed by atoms with Gasteiger partial charge in [0, 0.05) is 23.1 Å². The summed E-state index contributed by atoms with van der Waals surface area (Å²) < 4.78 is 29.8. The van der Waals surface area contributed by atoms with Gasteiger partial charge in [-0.15, -0.1) is 0 Å². The van der Waals surface area contributed by atoms with Crippen molar-refractivity contribution in [2.45, 2.75) is 98.4 Å². The van der Waals surface area contributed by atoms with Crippen molar-refractivity contribution in [1.29, 1.82) is 5.26 Å². The number of nitriles is 1. The van der Waals surface area contributed by atoms with Gasteiger partial charge in [-0.2, -0.15) is 5.26 Å². The van der Waals surface area contributed by atoms with Crippen LogP contribution in [0.4, 0.5) is 4.79 Å². The van der Waals surface area contributed by atoms with E-state index in [0.29, 0.717) is 29.1 Å². The molecule has 4 rings (SSSR count). The monoisotopic (exact) mass is 684 g/mol. The number of furan rings is 1. The fourth-order valence-electron chi connectivity index (χ4n) is 4.88. The molecule has 0 unspecified atom stereocenters. The van der Waals surface area contributed by atoms with E-state index in [1.54, 1.807) is 25.1 Å². The number of carbonyl (C=O) groups excluding carboxylic acids is 2. The molecule has 1 heterocycles. The largest absolute Gasteiger partial charge is 0.489 e. The van der Waals surface area contributed by atoms with Gasteiger partial charge in [-0.05, 0) is 98.9 Å². The third-order valence-electron chi connectivity index (χ3n) is 8.41. The molecule has 0 aliphatic rings. The van der Waals surface area contributed by atoms with Crippen LogP contribution in [0.15, 0.2) is 65.1 Å². The zero-order valence-corrected chi connectivity index (χ0v) is 31.1. The lowest BCUT2D eigenvalue weighted by atomic mass is 9.99. The molecule has 1 N–H and O–H groups in total. The quantitative estimate of drug-likeness (QED) is 0.116. The standard InChI is InChI=1S/C39H48N2O7Si/c1-10-44-35(42)21-30-15-14-26(22-40)19-34(30)45-24-28-17-31-20-32(25-46-49(8,9)39(5,6)7)47-36(31)33(18-28)29-13-11-12-27(16-29)23-41-37(43)48-38(2,3)4/h11-20H,10,21,23-25H2,1-9H3,(H,41,43). The van der Waals surface area contributed by atoms with Crippen LogP contribution in [0.1, 0.15) is 76.5 Å². The lowest BCUT2D eigenvalue weighted by Crippen LogP contribution is -2.40. The highest BCUT2D eigenvalue weighted by Crippen LogP contribution is 2.38. The Bertz CT molecular complexity index is 1840. The first-order valence-corrected chi connectivity index (χ1v) is 19.5. The molecule has 0 bridgehead atoms. The third-order valence-corrected chi connectivity index (χ3v) is 12.9. The Morgan fingerprint density at radius 1 is 0.939 bits per heavy atom. The Kier molecular flexibility index (Phi) is 11.6. The van der Waals surface area contributed by atoms with Crippen molar-refractivity contribution in [3.8, 4) is 22.9 Å². The number of rotatable bonds is 12. The predicted octanol–water partition coefficient (Wildman–Crippen LogP) is 9.20. The van der Waals surface area contributed by atoms with Gasteiger partial charge in [0.1, 0.15) is 29.3 Å². The number of esters is 1. The number of hydrogen-bond acceptors (Lipinski definition) is 8. The van der Waals surface area contributed by atoms with Crippen molar-refractivity contribution in [2.24, 2.45) is 0 Å². The number of alkyl carbamates (subject to hydrolysis) is 1. The first-order valence-electron chi connectivity index (χ1n) is 16.5. The Balaban J connectivity index is 1.69. The van der Waals surface area contributed by atoms with Crippen molar-refractivity contribution < 1.29 is 32.6 Å². The van der Waals surface area contributed by atoms with Crippen LogP contribution in [0.25, 0.3) is 22.1 Å². The van der Waals surface area contributed by atoms with E-state index in [2.05, 4.69) is 45.3 Å². The molecule has 1 aromatic heterocycles. The van der Waals surface area contributed by atoms with Crippen molar-refractivity contribution in [3.05, 3.63) is 88.7 Å². The number of benzene rings is 3. The average Bonchev–Trinajstić information content (AvgIpc) is 3.44. The van der Waals surface area contributed by atoms with Crippen molar-refractivity contribution in [3.63, 3.8) is 0 Å². The Morgan fingerprint density at radius 3 is 2.37 bits per heavy atom. The molecule has 0 aliphatic heterocycles. The minimum absolute atomic E-state index is 0.0304. The summed E-state index contributed by atoms with van der Waals surface area (Å²) in [6.07, 6.45) is -0.456. The van der Waals surface area contributed by atoms with E-state index in [1.807, 2.05) is 63.2 Å². The predicted molar refractivity (Wildman–Crippen MR) is 193 cm³/mol. The molecular formula is C39H48N2O7Si. The summed E-state index contributed by atoms with van der Waals surface area (Å²) in [6, 6.07) is 21.1. The highest BCUT2D eigenvalue weighted by atomic mass is 28.4. The lowest BCUT2D eigenvalue weighted by molar-refractivity contribution is -0.142. The molecule has 0 radical (unpaired) electrons. The summed E-state index contributed by atoms with van der Waals surface area (Å²) in [5.41, 5.74) is 4.69. The maximum absolute atomic E-state index is 12.3. The minimum atomic E-state index is -2.03. The summed E-state index contributed by atoms with van der Waals surface area (Å²) in [5, 5.41) is 13.3. The second-order valence-electron chi connectivity index (χ2n) is 14.6. The number of carbonyl (C=O) groups is 2. The highest BCUT2D eigenvalue weighted by Gasteiger charge is 2.37. The smallest absolute Gasteiger partial charge is 0.407 e. The van der Waals surface area contributed by atoms with Crippen LogP contribution in [0.5, 0.6) is 5.75 Å². The van der Waals surface area contributed by atoms with Gasteiger partial charge in [0.05, 0.1) is 31.3 Å². The number of fused-ring (bicyclic) bond motifs is 1. The molecule has 9 nitrogen and oxygen atoms in total. The van der Waals surface area contributed by atoms with Gasteiger partial charge in [0.15, 0.2) is 8.32 Å². The van der Waals surface area contributed by atoms with Crippen LogP contribution in [-0.2, 0) is 44.9 Å². The number of nitrogens with zero attached hydrogens (tertiary/aromatic N) is 1. The summed E-state index contributed by atoms with van der Waals surface area (Å²) >= 11 is 0. The van der Waals surface area contributed by atoms with Gasteiger partial charge in [-0.1, -0.05) is 45.0 Å². The zero-order valence-electron chi connectivity index (χ0n) is 30.1. The molecule has 10 heteroatoms. The maximum Gasteiger partial charge on any atom is 0.407 e. The van der Waals surface area contributed by atoms with Crippen molar-refractivity contribution in [1.82, 2.24) is 5.32 Å². The molecule has 0 fully saturated rings. The number of hydrogen-bond donors (Lipinski definition) is 1. The fourth-order valence-corrected chi connectivity index (χ4v) is 5.81. The zero-order chi connectivity index (χ0) is 36.0. The second kappa shape index (κ2) is 15.3. The van der Waals surface area contributed by atoms with E-state index in [9.17, 15) is 14.9 Å². The Hall–Kier alpha value is -4.59. The SMILES string of the molecule is CCOC(=O)Cc1ccc(C#N)cc1OCc1cc(-c2cccc(CNC(=O)OC(C)(C)C)c2)c2oc(CO[Si](C)(C)C(C)(C)C)cc2c1. The summed E-state index contributed by atoms with van der Waals surface area (Å²) in [6.45, 7) is 19.4. The van der Waals surface area contributed by atoms with Gasteiger partial charge in [0.25, 0.3) is 0 Å². The number of amides is 1. The van der Waals surface area contributed by atoms with Crippen molar-refractivity contribution in [2.75, 3.05) is 6.61 Å². The molecule has 0 atom stereocenters. The van der Waals surface area contributed by atoms with Crippen LogP contribution in [0, 0.1) is 11.3 Å². The molecule has 3 aromatic carbocycles. The van der Waals surface area contributed by atoms with Gasteiger partial charge in [-0.3, -0.25) is 4.79 Å². The molecule has 1 amide bonds. The van der Waals surface area contributed by atoms with E-state index in [1.165, 1.54) is 0 Å².